The van der Waals surface area contributed by atoms with Gasteiger partial charge in [-0.3, -0.25) is 4.79 Å². The molecule has 0 aliphatic carbocycles. The van der Waals surface area contributed by atoms with E-state index in [1.807, 2.05) is 12.1 Å². The van der Waals surface area contributed by atoms with Crippen molar-refractivity contribution in [1.29, 1.82) is 5.26 Å². The van der Waals surface area contributed by atoms with Gasteiger partial charge in [0.25, 0.3) is 5.91 Å². The van der Waals surface area contributed by atoms with Gasteiger partial charge in [-0.15, -0.1) is 0 Å². The molecule has 0 aromatic heterocycles. The van der Waals surface area contributed by atoms with Crippen LogP contribution < -0.4 is 10.1 Å². The summed E-state index contributed by atoms with van der Waals surface area (Å²) in [6.45, 7) is 0.152. The summed E-state index contributed by atoms with van der Waals surface area (Å²) < 4.78 is 5.33. The molecule has 0 atom stereocenters. The first kappa shape index (κ1) is 16.2. The zero-order valence-corrected chi connectivity index (χ0v) is 13.0. The van der Waals surface area contributed by atoms with Crippen molar-refractivity contribution in [3.05, 3.63) is 63.6 Å². The summed E-state index contributed by atoms with van der Waals surface area (Å²) in [6.07, 6.45) is 0. The minimum Gasteiger partial charge on any atom is -0.482 e. The molecule has 2 rings (SSSR count). The van der Waals surface area contributed by atoms with E-state index in [9.17, 15) is 4.79 Å². The molecule has 2 aromatic rings. The minimum absolute atomic E-state index is 0.169. The first-order valence-electron chi connectivity index (χ1n) is 6.42. The number of rotatable bonds is 5. The molecule has 112 valence electrons. The smallest absolute Gasteiger partial charge is 0.258 e. The number of halogens is 2. The van der Waals surface area contributed by atoms with Gasteiger partial charge in [-0.2, -0.15) is 5.26 Å². The van der Waals surface area contributed by atoms with Crippen molar-refractivity contribution in [1.82, 2.24) is 5.32 Å². The first-order valence-corrected chi connectivity index (χ1v) is 7.17. The highest BCUT2D eigenvalue weighted by Crippen LogP contribution is 2.27. The lowest BCUT2D eigenvalue weighted by atomic mass is 10.1. The van der Waals surface area contributed by atoms with Gasteiger partial charge in [0, 0.05) is 17.6 Å². The highest BCUT2D eigenvalue weighted by Gasteiger charge is 2.07. The van der Waals surface area contributed by atoms with Crippen molar-refractivity contribution in [3.63, 3.8) is 0 Å². The second-order valence-electron chi connectivity index (χ2n) is 4.45. The van der Waals surface area contributed by atoms with Gasteiger partial charge >= 0.3 is 0 Å². The second kappa shape index (κ2) is 7.69. The Bertz CT molecular complexity index is 726. The average molecular weight is 335 g/mol. The fourth-order valence-corrected chi connectivity index (χ4v) is 2.07. The lowest BCUT2D eigenvalue weighted by Crippen LogP contribution is -2.28. The number of nitrogens with one attached hydrogen (secondary N) is 1. The van der Waals surface area contributed by atoms with Crippen LogP contribution in [0.5, 0.6) is 5.75 Å². The Balaban J connectivity index is 1.85. The van der Waals surface area contributed by atoms with Gasteiger partial charge in [0.2, 0.25) is 0 Å². The van der Waals surface area contributed by atoms with Crippen molar-refractivity contribution in [2.75, 3.05) is 6.61 Å². The Morgan fingerprint density at radius 3 is 2.82 bits per heavy atom. The van der Waals surface area contributed by atoms with Crippen LogP contribution in [0.3, 0.4) is 0 Å². The number of nitrogens with zero attached hydrogens (tertiary/aromatic N) is 1. The Morgan fingerprint density at radius 2 is 2.05 bits per heavy atom. The van der Waals surface area contributed by atoms with Crippen molar-refractivity contribution in [2.24, 2.45) is 0 Å². The first-order chi connectivity index (χ1) is 10.6. The molecule has 2 aromatic carbocycles. The third kappa shape index (κ3) is 4.66. The van der Waals surface area contributed by atoms with Crippen molar-refractivity contribution in [2.45, 2.75) is 6.54 Å². The average Bonchev–Trinajstić information content (AvgIpc) is 2.54. The molecule has 6 heteroatoms. The molecule has 0 heterocycles. The van der Waals surface area contributed by atoms with Gasteiger partial charge in [0.05, 0.1) is 16.7 Å². The summed E-state index contributed by atoms with van der Waals surface area (Å²) >= 11 is 11.8. The van der Waals surface area contributed by atoms with Gasteiger partial charge in [-0.05, 0) is 29.8 Å². The molecule has 1 N–H and O–H groups in total. The molecule has 0 aliphatic rings. The fraction of sp³-hybridized carbons (Fsp3) is 0.125. The van der Waals surface area contributed by atoms with Gasteiger partial charge in [-0.1, -0.05) is 35.3 Å². The molecule has 0 unspecified atom stereocenters. The quantitative estimate of drug-likeness (QED) is 0.909. The number of hydrogen-bond acceptors (Lipinski definition) is 3. The maximum absolute atomic E-state index is 11.8. The van der Waals surface area contributed by atoms with E-state index < -0.39 is 0 Å². The summed E-state index contributed by atoms with van der Waals surface area (Å²) in [7, 11) is 0. The van der Waals surface area contributed by atoms with Crippen LogP contribution in [-0.2, 0) is 11.3 Å². The van der Waals surface area contributed by atoms with E-state index in [2.05, 4.69) is 5.32 Å². The number of nitriles is 1. The highest BCUT2D eigenvalue weighted by molar-refractivity contribution is 6.34. The lowest BCUT2D eigenvalue weighted by Gasteiger charge is -2.09. The van der Waals surface area contributed by atoms with E-state index in [0.717, 1.165) is 5.56 Å². The third-order valence-electron chi connectivity index (χ3n) is 2.80. The van der Waals surface area contributed by atoms with Gasteiger partial charge < -0.3 is 10.1 Å². The van der Waals surface area contributed by atoms with E-state index in [1.54, 1.807) is 36.4 Å². The van der Waals surface area contributed by atoms with Crippen LogP contribution in [0.2, 0.25) is 10.0 Å². The van der Waals surface area contributed by atoms with Crippen LogP contribution in [0.15, 0.2) is 42.5 Å². The summed E-state index contributed by atoms with van der Waals surface area (Å²) in [4.78, 5) is 11.8. The normalized spacial score (nSPS) is 9.86. The van der Waals surface area contributed by atoms with Crippen LogP contribution in [-0.4, -0.2) is 12.5 Å². The van der Waals surface area contributed by atoms with Crippen LogP contribution in [0, 0.1) is 11.3 Å². The number of carbonyl (C=O) groups excluding carboxylic acids is 1. The number of hydrogen-bond donors (Lipinski definition) is 1. The predicted octanol–water partition coefficient (Wildman–Crippen LogP) is 3.56. The standard InChI is InChI=1S/C16H12Cl2N2O2/c17-13-4-5-14(18)15(7-13)22-10-16(21)20-9-12-3-1-2-11(6-12)8-19/h1-7H,9-10H2,(H,20,21). The lowest BCUT2D eigenvalue weighted by molar-refractivity contribution is -0.123. The second-order valence-corrected chi connectivity index (χ2v) is 5.30. The van der Waals surface area contributed by atoms with Crippen LogP contribution in [0.25, 0.3) is 0 Å². The molecule has 0 aliphatic heterocycles. The Morgan fingerprint density at radius 1 is 1.23 bits per heavy atom. The zero-order valence-electron chi connectivity index (χ0n) is 11.5. The third-order valence-corrected chi connectivity index (χ3v) is 3.35. The fourth-order valence-electron chi connectivity index (χ4n) is 1.73. The Kier molecular flexibility index (Phi) is 5.65. The monoisotopic (exact) mass is 334 g/mol. The summed E-state index contributed by atoms with van der Waals surface area (Å²) in [5.74, 6) is 0.0641. The minimum atomic E-state index is -0.293. The molecule has 0 saturated carbocycles. The summed E-state index contributed by atoms with van der Waals surface area (Å²) in [5.41, 5.74) is 1.39. The number of carbonyl (C=O) groups is 1. The molecule has 4 nitrogen and oxygen atoms in total. The molecule has 0 spiro atoms. The molecule has 0 saturated heterocycles. The summed E-state index contributed by atoms with van der Waals surface area (Å²) in [6, 6.07) is 13.9. The topological polar surface area (TPSA) is 62.1 Å². The molecule has 1 amide bonds. The van der Waals surface area contributed by atoms with Crippen LogP contribution in [0.4, 0.5) is 0 Å². The van der Waals surface area contributed by atoms with E-state index in [4.69, 9.17) is 33.2 Å². The number of benzene rings is 2. The van der Waals surface area contributed by atoms with Crippen molar-refractivity contribution < 1.29 is 9.53 Å². The maximum atomic E-state index is 11.8. The zero-order chi connectivity index (χ0) is 15.9. The van der Waals surface area contributed by atoms with Crippen LogP contribution >= 0.6 is 23.2 Å². The molecule has 0 radical (unpaired) electrons. The van der Waals surface area contributed by atoms with E-state index >= 15 is 0 Å². The molecular formula is C16H12Cl2N2O2. The van der Waals surface area contributed by atoms with E-state index in [1.165, 1.54) is 0 Å². The molecule has 0 fully saturated rings. The van der Waals surface area contributed by atoms with E-state index in [-0.39, 0.29) is 12.5 Å². The largest absolute Gasteiger partial charge is 0.482 e. The van der Waals surface area contributed by atoms with Crippen molar-refractivity contribution >= 4 is 29.1 Å². The molecule has 0 bridgehead atoms. The van der Waals surface area contributed by atoms with Crippen LogP contribution in [0.1, 0.15) is 11.1 Å². The van der Waals surface area contributed by atoms with Gasteiger partial charge in [-0.25, -0.2) is 0 Å². The number of ether oxygens (including phenoxy) is 1. The Hall–Kier alpha value is -2.22. The highest BCUT2D eigenvalue weighted by atomic mass is 35.5. The van der Waals surface area contributed by atoms with Gasteiger partial charge in [0.15, 0.2) is 6.61 Å². The van der Waals surface area contributed by atoms with E-state index in [0.29, 0.717) is 27.9 Å². The van der Waals surface area contributed by atoms with Crippen molar-refractivity contribution in [3.8, 4) is 11.8 Å². The Labute approximate surface area is 138 Å². The number of amides is 1. The summed E-state index contributed by atoms with van der Waals surface area (Å²) in [5, 5.41) is 12.4. The molecule has 22 heavy (non-hydrogen) atoms. The maximum Gasteiger partial charge on any atom is 0.258 e. The SMILES string of the molecule is N#Cc1cccc(CNC(=O)COc2cc(Cl)ccc2Cl)c1. The van der Waals surface area contributed by atoms with Gasteiger partial charge in [0.1, 0.15) is 5.75 Å². The molecular weight excluding hydrogens is 323 g/mol. The predicted molar refractivity (Wildman–Crippen MR) is 85.0 cm³/mol.